The van der Waals surface area contributed by atoms with Crippen LogP contribution in [-0.2, 0) is 4.74 Å². The number of ether oxygens (including phenoxy) is 1. The van der Waals surface area contributed by atoms with Gasteiger partial charge in [0.25, 0.3) is 0 Å². The molecule has 0 saturated heterocycles. The smallest absolute Gasteiger partial charge is 0.427 e. The van der Waals surface area contributed by atoms with E-state index in [9.17, 15) is 9.59 Å². The average Bonchev–Trinajstić information content (AvgIpc) is 3.17. The summed E-state index contributed by atoms with van der Waals surface area (Å²) in [6, 6.07) is 18.4. The van der Waals surface area contributed by atoms with Crippen molar-refractivity contribution >= 4 is 23.3 Å². The van der Waals surface area contributed by atoms with Crippen molar-refractivity contribution in [3.63, 3.8) is 0 Å². The number of fused-ring (bicyclic) bond motifs is 1. The standard InChI is InChI=1S/C21H16N4O4/c1-28-21(27)23-22-12-15-13-25(16-8-3-2-4-9-16)24-19(15)17-11-14-7-5-6-10-18(14)29-20(17)26/h2-13H,1H3,(H,23,27)/b22-12+. The highest BCUT2D eigenvalue weighted by Gasteiger charge is 2.16. The van der Waals surface area contributed by atoms with Gasteiger partial charge < -0.3 is 9.15 Å². The van der Waals surface area contributed by atoms with E-state index in [1.807, 2.05) is 42.5 Å². The summed E-state index contributed by atoms with van der Waals surface area (Å²) in [6.07, 6.45) is 2.40. The Morgan fingerprint density at radius 2 is 1.93 bits per heavy atom. The molecule has 0 unspecified atom stereocenters. The molecule has 0 aliphatic carbocycles. The molecule has 8 heteroatoms. The van der Waals surface area contributed by atoms with Crippen LogP contribution in [-0.4, -0.2) is 29.2 Å². The number of carbonyl (C=O) groups is 1. The van der Waals surface area contributed by atoms with Crippen LogP contribution in [0.1, 0.15) is 5.56 Å². The number of hydrazone groups is 1. The van der Waals surface area contributed by atoms with Crippen molar-refractivity contribution in [2.45, 2.75) is 0 Å². The molecule has 0 atom stereocenters. The maximum atomic E-state index is 12.6. The first-order chi connectivity index (χ1) is 14.2. The molecule has 1 amide bonds. The molecule has 29 heavy (non-hydrogen) atoms. The minimum Gasteiger partial charge on any atom is -0.452 e. The van der Waals surface area contributed by atoms with E-state index in [1.165, 1.54) is 13.3 Å². The summed E-state index contributed by atoms with van der Waals surface area (Å²) in [5.74, 6) is 0. The summed E-state index contributed by atoms with van der Waals surface area (Å²) in [5, 5.41) is 9.19. The molecule has 0 aliphatic heterocycles. The van der Waals surface area contributed by atoms with E-state index in [2.05, 4.69) is 20.4 Å². The summed E-state index contributed by atoms with van der Waals surface area (Å²) in [4.78, 5) is 23.9. The van der Waals surface area contributed by atoms with Gasteiger partial charge in [-0.15, -0.1) is 0 Å². The maximum absolute atomic E-state index is 12.6. The zero-order chi connectivity index (χ0) is 20.2. The quantitative estimate of drug-likeness (QED) is 0.328. The van der Waals surface area contributed by atoms with Crippen molar-refractivity contribution in [1.82, 2.24) is 15.2 Å². The third kappa shape index (κ3) is 3.77. The molecule has 2 aromatic heterocycles. The SMILES string of the molecule is COC(=O)N/N=C/c1cn(-c2ccccc2)nc1-c1cc2ccccc2oc1=O. The van der Waals surface area contributed by atoms with Crippen LogP contribution in [0, 0.1) is 0 Å². The zero-order valence-electron chi connectivity index (χ0n) is 15.4. The van der Waals surface area contributed by atoms with Crippen molar-refractivity contribution in [2.24, 2.45) is 5.10 Å². The Balaban J connectivity index is 1.85. The van der Waals surface area contributed by atoms with Crippen LogP contribution in [0.2, 0.25) is 0 Å². The fourth-order valence-corrected chi connectivity index (χ4v) is 2.83. The molecule has 0 radical (unpaired) electrons. The zero-order valence-corrected chi connectivity index (χ0v) is 15.4. The van der Waals surface area contributed by atoms with Crippen molar-refractivity contribution in [3.8, 4) is 16.9 Å². The van der Waals surface area contributed by atoms with Crippen LogP contribution in [0.4, 0.5) is 4.79 Å². The van der Waals surface area contributed by atoms with Crippen LogP contribution < -0.4 is 11.1 Å². The normalized spacial score (nSPS) is 11.1. The number of carbonyl (C=O) groups excluding carboxylic acids is 1. The lowest BCUT2D eigenvalue weighted by Gasteiger charge is -2.01. The molecule has 0 spiro atoms. The second kappa shape index (κ2) is 7.81. The number of nitrogens with zero attached hydrogens (tertiary/aromatic N) is 3. The van der Waals surface area contributed by atoms with Crippen molar-refractivity contribution in [3.05, 3.63) is 82.8 Å². The Morgan fingerprint density at radius 3 is 2.72 bits per heavy atom. The van der Waals surface area contributed by atoms with Crippen molar-refractivity contribution in [1.29, 1.82) is 0 Å². The van der Waals surface area contributed by atoms with Crippen LogP contribution in [0.3, 0.4) is 0 Å². The number of aromatic nitrogens is 2. The molecule has 0 bridgehead atoms. The largest absolute Gasteiger partial charge is 0.452 e. The number of benzene rings is 2. The van der Waals surface area contributed by atoms with Crippen molar-refractivity contribution < 1.29 is 13.9 Å². The van der Waals surface area contributed by atoms with Gasteiger partial charge in [-0.2, -0.15) is 10.2 Å². The Morgan fingerprint density at radius 1 is 1.17 bits per heavy atom. The van der Waals surface area contributed by atoms with E-state index in [4.69, 9.17) is 4.42 Å². The van der Waals surface area contributed by atoms with E-state index < -0.39 is 11.7 Å². The summed E-state index contributed by atoms with van der Waals surface area (Å²) < 4.78 is 11.6. The average molecular weight is 388 g/mol. The van der Waals surface area contributed by atoms with Crippen molar-refractivity contribution in [2.75, 3.05) is 7.11 Å². The molecule has 4 rings (SSSR count). The lowest BCUT2D eigenvalue weighted by atomic mass is 10.1. The summed E-state index contributed by atoms with van der Waals surface area (Å²) in [7, 11) is 1.24. The summed E-state index contributed by atoms with van der Waals surface area (Å²) in [5.41, 5.74) is 4.19. The van der Waals surface area contributed by atoms with E-state index >= 15 is 0 Å². The molecular formula is C21H16N4O4. The minimum absolute atomic E-state index is 0.290. The second-order valence-electron chi connectivity index (χ2n) is 6.06. The Bertz CT molecular complexity index is 1260. The number of hydrogen-bond acceptors (Lipinski definition) is 6. The molecule has 0 saturated carbocycles. The predicted octanol–water partition coefficient (Wildman–Crippen LogP) is 3.34. The number of amides is 1. The van der Waals surface area contributed by atoms with Gasteiger partial charge in [-0.05, 0) is 24.3 Å². The summed E-state index contributed by atoms with van der Waals surface area (Å²) in [6.45, 7) is 0. The van der Waals surface area contributed by atoms with Gasteiger partial charge in [-0.1, -0.05) is 36.4 Å². The number of nitrogens with one attached hydrogen (secondary N) is 1. The fourth-order valence-electron chi connectivity index (χ4n) is 2.83. The van der Waals surface area contributed by atoms with Crippen LogP contribution in [0.5, 0.6) is 0 Å². The Labute approximate surface area is 165 Å². The Hall–Kier alpha value is -4.20. The minimum atomic E-state index is -0.705. The highest BCUT2D eigenvalue weighted by Crippen LogP contribution is 2.23. The molecular weight excluding hydrogens is 372 g/mol. The summed E-state index contributed by atoms with van der Waals surface area (Å²) >= 11 is 0. The van der Waals surface area contributed by atoms with Gasteiger partial charge >= 0.3 is 11.7 Å². The molecule has 8 nitrogen and oxygen atoms in total. The van der Waals surface area contributed by atoms with Crippen LogP contribution in [0.25, 0.3) is 27.9 Å². The predicted molar refractivity (Wildman–Crippen MR) is 108 cm³/mol. The number of para-hydroxylation sites is 2. The third-order valence-corrected chi connectivity index (χ3v) is 4.20. The molecule has 2 aromatic carbocycles. The lowest BCUT2D eigenvalue weighted by molar-refractivity contribution is 0.171. The first kappa shape index (κ1) is 18.2. The highest BCUT2D eigenvalue weighted by molar-refractivity contribution is 5.91. The van der Waals surface area contributed by atoms with Crippen LogP contribution in [0.15, 0.2) is 81.2 Å². The molecule has 0 fully saturated rings. The van der Waals surface area contributed by atoms with E-state index in [1.54, 1.807) is 29.1 Å². The Kier molecular flexibility index (Phi) is 4.90. The maximum Gasteiger partial charge on any atom is 0.427 e. The van der Waals surface area contributed by atoms with Gasteiger partial charge in [0.15, 0.2) is 0 Å². The molecule has 2 heterocycles. The monoisotopic (exact) mass is 388 g/mol. The van der Waals surface area contributed by atoms with E-state index in [-0.39, 0.29) is 5.56 Å². The van der Waals surface area contributed by atoms with Gasteiger partial charge in [0, 0.05) is 17.1 Å². The highest BCUT2D eigenvalue weighted by atomic mass is 16.5. The van der Waals surface area contributed by atoms with Gasteiger partial charge in [0.1, 0.15) is 11.3 Å². The van der Waals surface area contributed by atoms with Gasteiger partial charge in [0.2, 0.25) is 0 Å². The van der Waals surface area contributed by atoms with Gasteiger partial charge in [-0.3, -0.25) is 0 Å². The van der Waals surface area contributed by atoms with Gasteiger partial charge in [0.05, 0.1) is 24.6 Å². The number of rotatable bonds is 4. The topological polar surface area (TPSA) is 98.7 Å². The van der Waals surface area contributed by atoms with E-state index in [0.29, 0.717) is 16.8 Å². The first-order valence-electron chi connectivity index (χ1n) is 8.71. The fraction of sp³-hybridized carbons (Fsp3) is 0.0476. The first-order valence-corrected chi connectivity index (χ1v) is 8.71. The van der Waals surface area contributed by atoms with Crippen LogP contribution >= 0.6 is 0 Å². The molecule has 144 valence electrons. The number of hydrogen-bond donors (Lipinski definition) is 1. The second-order valence-corrected chi connectivity index (χ2v) is 6.06. The molecule has 1 N–H and O–H groups in total. The van der Waals surface area contributed by atoms with E-state index in [0.717, 1.165) is 11.1 Å². The molecule has 4 aromatic rings. The third-order valence-electron chi connectivity index (χ3n) is 4.20. The van der Waals surface area contributed by atoms with Gasteiger partial charge in [-0.25, -0.2) is 19.7 Å². The number of methoxy groups -OCH3 is 1. The lowest BCUT2D eigenvalue weighted by Crippen LogP contribution is -2.16. The molecule has 0 aliphatic rings.